The van der Waals surface area contributed by atoms with Crippen LogP contribution in [0.1, 0.15) is 28.4 Å². The predicted octanol–water partition coefficient (Wildman–Crippen LogP) is 3.92. The van der Waals surface area contributed by atoms with Gasteiger partial charge in [-0.2, -0.15) is 0 Å². The van der Waals surface area contributed by atoms with Gasteiger partial charge in [-0.15, -0.1) is 0 Å². The fourth-order valence-corrected chi connectivity index (χ4v) is 1.68. The number of rotatable bonds is 4. The summed E-state index contributed by atoms with van der Waals surface area (Å²) in [6.45, 7) is 3.71. The van der Waals surface area contributed by atoms with Crippen molar-refractivity contribution in [3.05, 3.63) is 65.0 Å². The molecule has 0 radical (unpaired) electrons. The van der Waals surface area contributed by atoms with E-state index in [0.717, 1.165) is 5.56 Å². The number of carbonyl (C=O) groups excluding carboxylic acids is 1. The number of carbonyl (C=O) groups is 1. The van der Waals surface area contributed by atoms with Gasteiger partial charge in [0.25, 0.3) is 0 Å². The minimum absolute atomic E-state index is 0.158. The minimum atomic E-state index is -0.514. The molecule has 0 fully saturated rings. The molecule has 2 rings (SSSR count). The SMILES string of the molecule is CC(=O)c1ccc(OCc2ccc(C)cc2)c(F)c1. The highest BCUT2D eigenvalue weighted by atomic mass is 19.1. The molecule has 2 aromatic rings. The van der Waals surface area contributed by atoms with Gasteiger partial charge in [0.1, 0.15) is 6.61 Å². The van der Waals surface area contributed by atoms with Gasteiger partial charge >= 0.3 is 0 Å². The van der Waals surface area contributed by atoms with Crippen molar-refractivity contribution in [2.24, 2.45) is 0 Å². The minimum Gasteiger partial charge on any atom is -0.486 e. The lowest BCUT2D eigenvalue weighted by Gasteiger charge is -2.08. The lowest BCUT2D eigenvalue weighted by Crippen LogP contribution is -1.99. The Morgan fingerprint density at radius 1 is 1.16 bits per heavy atom. The van der Waals surface area contributed by atoms with Gasteiger partial charge in [0, 0.05) is 5.56 Å². The standard InChI is InChI=1S/C16H15FO2/c1-11-3-5-13(6-4-11)10-19-16-8-7-14(12(2)18)9-15(16)17/h3-9H,10H2,1-2H3. The quantitative estimate of drug-likeness (QED) is 0.777. The Kier molecular flexibility index (Phi) is 3.95. The Morgan fingerprint density at radius 3 is 2.42 bits per heavy atom. The third-order valence-corrected chi connectivity index (χ3v) is 2.85. The molecule has 0 N–H and O–H groups in total. The maximum Gasteiger partial charge on any atom is 0.165 e. The Balaban J connectivity index is 2.07. The van der Waals surface area contributed by atoms with E-state index in [1.807, 2.05) is 31.2 Å². The van der Waals surface area contributed by atoms with E-state index in [1.54, 1.807) is 6.07 Å². The van der Waals surface area contributed by atoms with Gasteiger partial charge < -0.3 is 4.74 Å². The van der Waals surface area contributed by atoms with E-state index in [-0.39, 0.29) is 11.5 Å². The molecule has 2 nitrogen and oxygen atoms in total. The molecule has 0 unspecified atom stereocenters. The van der Waals surface area contributed by atoms with Gasteiger partial charge in [-0.1, -0.05) is 29.8 Å². The number of ketones is 1. The summed E-state index contributed by atoms with van der Waals surface area (Å²) in [6, 6.07) is 12.1. The molecule has 19 heavy (non-hydrogen) atoms. The maximum atomic E-state index is 13.7. The van der Waals surface area contributed by atoms with Crippen molar-refractivity contribution in [2.75, 3.05) is 0 Å². The van der Waals surface area contributed by atoms with Crippen LogP contribution < -0.4 is 4.74 Å². The van der Waals surface area contributed by atoms with E-state index < -0.39 is 5.82 Å². The van der Waals surface area contributed by atoms with Gasteiger partial charge in [-0.25, -0.2) is 4.39 Å². The van der Waals surface area contributed by atoms with E-state index in [0.29, 0.717) is 12.2 Å². The van der Waals surface area contributed by atoms with Crippen LogP contribution in [0.2, 0.25) is 0 Å². The molecule has 0 heterocycles. The average Bonchev–Trinajstić information content (AvgIpc) is 2.39. The van der Waals surface area contributed by atoms with Crippen LogP contribution in [0.3, 0.4) is 0 Å². The molecular weight excluding hydrogens is 243 g/mol. The molecular formula is C16H15FO2. The van der Waals surface area contributed by atoms with Crippen LogP contribution in [0.5, 0.6) is 5.75 Å². The summed E-state index contributed by atoms with van der Waals surface area (Å²) < 4.78 is 19.1. The van der Waals surface area contributed by atoms with E-state index in [2.05, 4.69) is 0 Å². The van der Waals surface area contributed by atoms with Crippen LogP contribution in [0, 0.1) is 12.7 Å². The lowest BCUT2D eigenvalue weighted by molar-refractivity contribution is 0.101. The van der Waals surface area contributed by atoms with E-state index >= 15 is 0 Å². The molecule has 0 saturated carbocycles. The first kappa shape index (κ1) is 13.3. The summed E-state index contributed by atoms with van der Waals surface area (Å²) in [5, 5.41) is 0. The van der Waals surface area contributed by atoms with Gasteiger partial charge in [-0.3, -0.25) is 4.79 Å². The number of Topliss-reactive ketones (excluding diaryl/α,β-unsaturated/α-hetero) is 1. The van der Waals surface area contributed by atoms with Crippen LogP contribution in [0.25, 0.3) is 0 Å². The van der Waals surface area contributed by atoms with Gasteiger partial charge in [0.2, 0.25) is 0 Å². The van der Waals surface area contributed by atoms with E-state index in [1.165, 1.54) is 24.6 Å². The summed E-state index contributed by atoms with van der Waals surface area (Å²) in [7, 11) is 0. The van der Waals surface area contributed by atoms with Crippen molar-refractivity contribution in [3.63, 3.8) is 0 Å². The van der Waals surface area contributed by atoms with Gasteiger partial charge in [0.15, 0.2) is 17.3 Å². The third-order valence-electron chi connectivity index (χ3n) is 2.85. The zero-order valence-electron chi connectivity index (χ0n) is 10.9. The van der Waals surface area contributed by atoms with Crippen molar-refractivity contribution in [2.45, 2.75) is 20.5 Å². The summed E-state index contributed by atoms with van der Waals surface area (Å²) in [5.41, 5.74) is 2.49. The number of hydrogen-bond acceptors (Lipinski definition) is 2. The molecule has 3 heteroatoms. The largest absolute Gasteiger partial charge is 0.486 e. The highest BCUT2D eigenvalue weighted by Crippen LogP contribution is 2.20. The summed E-state index contributed by atoms with van der Waals surface area (Å²) in [5.74, 6) is -0.519. The van der Waals surface area contributed by atoms with Crippen LogP contribution in [-0.4, -0.2) is 5.78 Å². The number of ether oxygens (including phenoxy) is 1. The van der Waals surface area contributed by atoms with E-state index in [4.69, 9.17) is 4.74 Å². The second kappa shape index (κ2) is 5.65. The molecule has 0 saturated heterocycles. The monoisotopic (exact) mass is 258 g/mol. The molecule has 98 valence electrons. The van der Waals surface area contributed by atoms with Crippen LogP contribution in [0.15, 0.2) is 42.5 Å². The molecule has 0 bridgehead atoms. The maximum absolute atomic E-state index is 13.7. The average molecular weight is 258 g/mol. The number of hydrogen-bond donors (Lipinski definition) is 0. The van der Waals surface area contributed by atoms with Crippen molar-refractivity contribution >= 4 is 5.78 Å². The third kappa shape index (κ3) is 3.41. The molecule has 0 amide bonds. The van der Waals surface area contributed by atoms with Crippen LogP contribution >= 0.6 is 0 Å². The van der Waals surface area contributed by atoms with Gasteiger partial charge in [0.05, 0.1) is 0 Å². The Morgan fingerprint density at radius 2 is 1.84 bits per heavy atom. The summed E-state index contributed by atoms with van der Waals surface area (Å²) in [6.07, 6.45) is 0. The number of benzene rings is 2. The normalized spacial score (nSPS) is 10.3. The van der Waals surface area contributed by atoms with Gasteiger partial charge in [-0.05, 0) is 37.6 Å². The van der Waals surface area contributed by atoms with Crippen LogP contribution in [-0.2, 0) is 6.61 Å². The lowest BCUT2D eigenvalue weighted by atomic mass is 10.1. The van der Waals surface area contributed by atoms with Crippen molar-refractivity contribution in [1.82, 2.24) is 0 Å². The summed E-state index contributed by atoms with van der Waals surface area (Å²) in [4.78, 5) is 11.1. The summed E-state index contributed by atoms with van der Waals surface area (Å²) >= 11 is 0. The molecule has 0 aliphatic rings. The topological polar surface area (TPSA) is 26.3 Å². The number of halogens is 1. The highest BCUT2D eigenvalue weighted by molar-refractivity contribution is 5.94. The smallest absolute Gasteiger partial charge is 0.165 e. The zero-order valence-corrected chi connectivity index (χ0v) is 10.9. The van der Waals surface area contributed by atoms with Crippen molar-refractivity contribution in [1.29, 1.82) is 0 Å². The second-order valence-corrected chi connectivity index (χ2v) is 4.48. The molecule has 0 aliphatic carbocycles. The van der Waals surface area contributed by atoms with Crippen LogP contribution in [0.4, 0.5) is 4.39 Å². The Hall–Kier alpha value is -2.16. The second-order valence-electron chi connectivity index (χ2n) is 4.48. The fraction of sp³-hybridized carbons (Fsp3) is 0.188. The molecule has 0 aromatic heterocycles. The van der Waals surface area contributed by atoms with Crippen molar-refractivity contribution in [3.8, 4) is 5.75 Å². The Bertz CT molecular complexity index is 588. The molecule has 0 atom stereocenters. The Labute approximate surface area is 111 Å². The predicted molar refractivity (Wildman–Crippen MR) is 71.9 cm³/mol. The molecule has 2 aromatic carbocycles. The number of aryl methyl sites for hydroxylation is 1. The first-order valence-corrected chi connectivity index (χ1v) is 6.05. The van der Waals surface area contributed by atoms with E-state index in [9.17, 15) is 9.18 Å². The first-order valence-electron chi connectivity index (χ1n) is 6.05. The van der Waals surface area contributed by atoms with Crippen molar-refractivity contribution < 1.29 is 13.9 Å². The zero-order chi connectivity index (χ0) is 13.8. The molecule has 0 spiro atoms. The molecule has 0 aliphatic heterocycles. The fourth-order valence-electron chi connectivity index (χ4n) is 1.68. The first-order chi connectivity index (χ1) is 9.06. The highest BCUT2D eigenvalue weighted by Gasteiger charge is 2.07.